The Balaban J connectivity index is 1.40. The number of aromatic nitrogens is 2. The highest BCUT2D eigenvalue weighted by molar-refractivity contribution is 7.88. The lowest BCUT2D eigenvalue weighted by molar-refractivity contribution is 0.464. The molecule has 0 saturated carbocycles. The third-order valence-corrected chi connectivity index (χ3v) is 17.9. The van der Waals surface area contributed by atoms with Gasteiger partial charge in [0.05, 0.1) is 0 Å². The van der Waals surface area contributed by atoms with E-state index in [-0.39, 0.29) is 73.5 Å². The summed E-state index contributed by atoms with van der Waals surface area (Å²) in [6.07, 6.45) is 21.4. The molecule has 0 aromatic carbocycles. The molecule has 65 heavy (non-hydrogen) atoms. The summed E-state index contributed by atoms with van der Waals surface area (Å²) in [6.45, 7) is 6.77. The van der Waals surface area contributed by atoms with E-state index in [9.17, 15) is 51.9 Å². The molecule has 338 valence electrons. The number of hydrogen-bond donors (Lipinski definition) is 7. The van der Waals surface area contributed by atoms with Crippen molar-refractivity contribution in [3.8, 4) is 0 Å². The van der Waals surface area contributed by atoms with Gasteiger partial charge in [0.1, 0.15) is 47.4 Å². The summed E-state index contributed by atoms with van der Waals surface area (Å²) in [4.78, 5) is 30.9. The van der Waals surface area contributed by atoms with E-state index in [1.54, 1.807) is 6.92 Å². The van der Waals surface area contributed by atoms with Gasteiger partial charge in [-0.2, -0.15) is 33.7 Å². The van der Waals surface area contributed by atoms with Crippen LogP contribution in [-0.4, -0.2) is 104 Å². The Bertz CT molecular complexity index is 3650. The van der Waals surface area contributed by atoms with Crippen LogP contribution in [0, 0.1) is 0 Å². The summed E-state index contributed by atoms with van der Waals surface area (Å²) in [5, 5.41) is 3.32. The van der Waals surface area contributed by atoms with Crippen LogP contribution in [0.2, 0.25) is 0 Å². The monoisotopic (exact) mass is 962 g/mol. The number of nitrogens with one attached hydrogen (secondary N) is 3. The molecule has 20 nitrogen and oxygen atoms in total. The smallest absolute Gasteiger partial charge is 0.277 e. The van der Waals surface area contributed by atoms with E-state index in [1.807, 2.05) is 0 Å². The summed E-state index contributed by atoms with van der Waals surface area (Å²) in [5.74, 6) is 0.163. The molecule has 4 aliphatic carbocycles. The van der Waals surface area contributed by atoms with Gasteiger partial charge in [-0.05, 0) is 34.6 Å². The molecule has 0 radical (unpaired) electrons. The highest BCUT2D eigenvalue weighted by Gasteiger charge is 2.44. The highest BCUT2D eigenvalue weighted by Crippen LogP contribution is 2.42. The number of H-pyrrole nitrogens is 2. The zero-order chi connectivity index (χ0) is 47.1. The molecule has 0 spiro atoms. The zero-order valence-electron chi connectivity index (χ0n) is 34.7. The number of aromatic amines is 2. The lowest BCUT2D eigenvalue weighted by Gasteiger charge is -2.23. The summed E-state index contributed by atoms with van der Waals surface area (Å²) >= 11 is 0. The van der Waals surface area contributed by atoms with Gasteiger partial charge in [0, 0.05) is 44.5 Å². The highest BCUT2D eigenvalue weighted by atomic mass is 32.2. The van der Waals surface area contributed by atoms with Crippen LogP contribution in [0.1, 0.15) is 56.9 Å². The Morgan fingerprint density at radius 3 is 1.29 bits per heavy atom. The van der Waals surface area contributed by atoms with Crippen molar-refractivity contribution in [1.29, 1.82) is 0 Å². The van der Waals surface area contributed by atoms with Crippen LogP contribution >= 0.6 is 0 Å². The third-order valence-electron chi connectivity index (χ3n) is 12.4. The Morgan fingerprint density at radius 1 is 0.431 bits per heavy atom. The Morgan fingerprint density at radius 2 is 0.815 bits per heavy atom. The molecule has 0 saturated heterocycles. The molecular weight excluding hydrogens is 925 g/mol. The number of nitrogens with zero attached hydrogens (tertiary/aromatic N) is 5. The minimum absolute atomic E-state index is 0.0369. The van der Waals surface area contributed by atoms with Crippen molar-refractivity contribution in [3.63, 3.8) is 0 Å². The first-order valence-corrected chi connectivity index (χ1v) is 25.2. The molecule has 3 aliphatic heterocycles. The maximum absolute atomic E-state index is 12.7. The fourth-order valence-electron chi connectivity index (χ4n) is 7.79. The quantitative estimate of drug-likeness (QED) is 0.216. The maximum atomic E-state index is 12.7. The van der Waals surface area contributed by atoms with Crippen molar-refractivity contribution in [2.75, 3.05) is 0 Å². The van der Waals surface area contributed by atoms with Crippen molar-refractivity contribution < 1.29 is 51.9 Å². The summed E-state index contributed by atoms with van der Waals surface area (Å²) in [6, 6.07) is 0. The molecule has 7 aliphatic rings. The summed E-state index contributed by atoms with van der Waals surface area (Å²) in [5.41, 5.74) is 0.872. The molecule has 5 heterocycles. The van der Waals surface area contributed by atoms with Crippen LogP contribution < -0.4 is 16.3 Å². The van der Waals surface area contributed by atoms with Crippen molar-refractivity contribution in [2.45, 2.75) is 59.3 Å². The normalized spacial score (nSPS) is 32.3. The second-order valence-electron chi connectivity index (χ2n) is 17.0. The lowest BCUT2D eigenvalue weighted by Crippen LogP contribution is -2.42. The molecule has 7 N–H and O–H groups in total. The van der Waals surface area contributed by atoms with E-state index in [0.29, 0.717) is 11.1 Å². The van der Waals surface area contributed by atoms with Crippen LogP contribution in [0.4, 0.5) is 11.6 Å². The minimum atomic E-state index is -4.73. The number of hydrogen-bond acceptors (Lipinski definition) is 14. The fraction of sp³-hybridized carbons (Fsp3) is 0.244. The minimum Gasteiger partial charge on any atom is -0.342 e. The van der Waals surface area contributed by atoms with Gasteiger partial charge in [-0.3, -0.25) is 18.2 Å². The van der Waals surface area contributed by atoms with E-state index in [2.05, 4.69) is 15.3 Å². The Hall–Kier alpha value is -5.99. The summed E-state index contributed by atoms with van der Waals surface area (Å²) < 4.78 is 135. The van der Waals surface area contributed by atoms with Gasteiger partial charge in [0.15, 0.2) is 17.3 Å². The number of amidine groups is 3. The second-order valence-corrected chi connectivity index (χ2v) is 24.3. The molecule has 8 bridgehead atoms. The Kier molecular flexibility index (Phi) is 9.37. The summed E-state index contributed by atoms with van der Waals surface area (Å²) in [7, 11) is -18.9. The Labute approximate surface area is 372 Å². The van der Waals surface area contributed by atoms with Gasteiger partial charge in [-0.15, -0.1) is 0 Å². The molecule has 9 rings (SSSR count). The van der Waals surface area contributed by atoms with Gasteiger partial charge < -0.3 is 15.3 Å². The van der Waals surface area contributed by atoms with E-state index in [4.69, 9.17) is 25.0 Å². The van der Waals surface area contributed by atoms with Crippen molar-refractivity contribution in [1.82, 2.24) is 15.3 Å². The van der Waals surface area contributed by atoms with E-state index >= 15 is 0 Å². The number of rotatable bonds is 4. The van der Waals surface area contributed by atoms with Crippen LogP contribution in [0.5, 0.6) is 0 Å². The second kappa shape index (κ2) is 13.8. The fourth-order valence-corrected chi connectivity index (χ4v) is 9.71. The van der Waals surface area contributed by atoms with E-state index < -0.39 is 65.1 Å². The standard InChI is InChI=1S/C41H38N8O12S4/c1-37(62(50,51)52)14-6-22-23(7-15-37)31-42-30(22)43-32-24-8-16-38(2,63(53,54)55)17-9-25(24)33(44-32)47-36-28-12-20-40(4,65(59,60)61)21-13-29(28)41(5,49-36)48-35-27-11-19-39(3,64(56,57)58)18-10-26(27)34(45-31)46-35/h6-21,44H,1-5H3,(H,47,49)(H,50,51,52)(H,53,54,55)(H,56,57,58)(H,59,60,61)(H,42,43,45,46,48). The van der Waals surface area contributed by atoms with Crippen LogP contribution in [-0.2, 0) is 40.5 Å². The van der Waals surface area contributed by atoms with Gasteiger partial charge in [-0.25, -0.2) is 25.0 Å². The molecular formula is C41H38N8O12S4. The lowest BCUT2D eigenvalue weighted by atomic mass is 10.0. The molecule has 5 atom stereocenters. The molecule has 0 amide bonds. The first-order valence-electron chi connectivity index (χ1n) is 19.4. The number of fused-ring (bicyclic) bond motifs is 17. The zero-order valence-corrected chi connectivity index (χ0v) is 37.9. The first kappa shape index (κ1) is 44.2. The predicted molar refractivity (Wildman–Crippen MR) is 244 cm³/mol. The maximum Gasteiger partial charge on any atom is 0.277 e. The van der Waals surface area contributed by atoms with Gasteiger partial charge >= 0.3 is 0 Å². The number of aliphatic imine (C=N–C) groups is 3. The largest absolute Gasteiger partial charge is 0.342 e. The van der Waals surface area contributed by atoms with Crippen LogP contribution in [0.25, 0.3) is 24.3 Å². The van der Waals surface area contributed by atoms with Crippen molar-refractivity contribution in [2.24, 2.45) is 25.0 Å². The third kappa shape index (κ3) is 6.93. The van der Waals surface area contributed by atoms with Crippen molar-refractivity contribution >= 4 is 93.9 Å². The van der Waals surface area contributed by atoms with Gasteiger partial charge in [-0.1, -0.05) is 97.2 Å². The van der Waals surface area contributed by atoms with E-state index in [1.165, 1.54) is 125 Å². The van der Waals surface area contributed by atoms with Crippen LogP contribution in [0.15, 0.2) is 120 Å². The topological polar surface area (TPSA) is 323 Å². The first-order chi connectivity index (χ1) is 30.0. The van der Waals surface area contributed by atoms with Gasteiger partial charge in [0.2, 0.25) is 0 Å². The van der Waals surface area contributed by atoms with Crippen molar-refractivity contribution in [3.05, 3.63) is 128 Å². The molecule has 2 aromatic rings. The molecule has 2 aromatic heterocycles. The average molecular weight is 963 g/mol. The molecule has 0 fully saturated rings. The van der Waals surface area contributed by atoms with Gasteiger partial charge in [0.25, 0.3) is 40.5 Å². The molecule has 5 unspecified atom stereocenters. The average Bonchev–Trinajstić information content (AvgIpc) is 3.62. The molecule has 24 heteroatoms. The van der Waals surface area contributed by atoms with Crippen LogP contribution in [0.3, 0.4) is 0 Å². The predicted octanol–water partition coefficient (Wildman–Crippen LogP) is 3.60. The SMILES string of the molecule is CC12/N=c3\[nH]c(c4c3C=CC(C)(S(=O)(=O)O)C=C4)=NC3=N/C(=N\c4[nH]c(c5c4C=CC(C)(S(=O)(=O)O)C=C5)/N=C(\N1)C1=C2C=CC(C)(S(=O)(=O)O)C=C1)C1=C3C=CC(C)(S(=O)(=O)O)C=C1. The van der Waals surface area contributed by atoms with E-state index in [0.717, 1.165) is 0 Å².